The third-order valence-corrected chi connectivity index (χ3v) is 3.81. The molecule has 0 heterocycles. The molecule has 2 aromatic rings. The number of esters is 1. The van der Waals surface area contributed by atoms with Crippen LogP contribution < -0.4 is 4.90 Å². The van der Waals surface area contributed by atoms with Gasteiger partial charge in [-0.25, -0.2) is 4.79 Å². The number of amides is 1. The summed E-state index contributed by atoms with van der Waals surface area (Å²) in [6.45, 7) is 2.47. The first-order valence-corrected chi connectivity index (χ1v) is 8.24. The molecule has 0 atom stereocenters. The maximum atomic E-state index is 12.8. The number of carbonyl (C=O) groups excluding carboxylic acids is 2. The molecule has 0 saturated heterocycles. The third kappa shape index (κ3) is 4.44. The highest BCUT2D eigenvalue weighted by molar-refractivity contribution is 6.11. The Kier molecular flexibility index (Phi) is 6.55. The van der Waals surface area contributed by atoms with Gasteiger partial charge in [0.25, 0.3) is 5.91 Å². The molecule has 0 fully saturated rings. The highest BCUT2D eigenvalue weighted by atomic mass is 16.5. The summed E-state index contributed by atoms with van der Waals surface area (Å²) in [5.74, 6) is -0.682. The van der Waals surface area contributed by atoms with Crippen molar-refractivity contribution in [1.82, 2.24) is 0 Å². The highest BCUT2D eigenvalue weighted by Gasteiger charge is 2.21. The van der Waals surface area contributed by atoms with E-state index in [1.807, 2.05) is 30.3 Å². The van der Waals surface area contributed by atoms with Crippen molar-refractivity contribution < 1.29 is 14.3 Å². The SMILES string of the molecule is CCCCCOC(=O)c1ccccc1C(=O)N(C)c1ccccc1. The first-order valence-electron chi connectivity index (χ1n) is 8.24. The van der Waals surface area contributed by atoms with Crippen LogP contribution in [-0.2, 0) is 4.74 Å². The van der Waals surface area contributed by atoms with Gasteiger partial charge in [0.1, 0.15) is 0 Å². The summed E-state index contributed by atoms with van der Waals surface area (Å²) in [6, 6.07) is 16.1. The van der Waals surface area contributed by atoms with E-state index >= 15 is 0 Å². The number of nitrogens with zero attached hydrogens (tertiary/aromatic N) is 1. The van der Waals surface area contributed by atoms with Crippen LogP contribution in [0.3, 0.4) is 0 Å². The largest absolute Gasteiger partial charge is 0.462 e. The Morgan fingerprint density at radius 2 is 1.54 bits per heavy atom. The lowest BCUT2D eigenvalue weighted by atomic mass is 10.1. The Bertz CT molecular complexity index is 682. The first kappa shape index (κ1) is 17.7. The van der Waals surface area contributed by atoms with Gasteiger partial charge in [-0.1, -0.05) is 50.1 Å². The summed E-state index contributed by atoms with van der Waals surface area (Å²) in [5, 5.41) is 0. The number of hydrogen-bond donors (Lipinski definition) is 0. The van der Waals surface area contributed by atoms with Crippen LogP contribution in [-0.4, -0.2) is 25.5 Å². The Morgan fingerprint density at radius 1 is 0.917 bits per heavy atom. The Hall–Kier alpha value is -2.62. The number of unbranched alkanes of at least 4 members (excludes halogenated alkanes) is 2. The monoisotopic (exact) mass is 325 g/mol. The maximum Gasteiger partial charge on any atom is 0.338 e. The Labute approximate surface area is 143 Å². The molecule has 2 aromatic carbocycles. The zero-order valence-corrected chi connectivity index (χ0v) is 14.2. The van der Waals surface area contributed by atoms with E-state index in [1.165, 1.54) is 4.90 Å². The van der Waals surface area contributed by atoms with E-state index in [0.29, 0.717) is 17.7 Å². The molecule has 0 saturated carbocycles. The van der Waals surface area contributed by atoms with E-state index in [1.54, 1.807) is 31.3 Å². The molecule has 0 radical (unpaired) electrons. The lowest BCUT2D eigenvalue weighted by Gasteiger charge is -2.18. The van der Waals surface area contributed by atoms with Crippen LogP contribution >= 0.6 is 0 Å². The van der Waals surface area contributed by atoms with Gasteiger partial charge >= 0.3 is 5.97 Å². The number of rotatable bonds is 7. The molecule has 0 aromatic heterocycles. The van der Waals surface area contributed by atoms with Gasteiger partial charge in [-0.3, -0.25) is 4.79 Å². The molecule has 0 aliphatic carbocycles. The van der Waals surface area contributed by atoms with E-state index in [-0.39, 0.29) is 5.91 Å². The van der Waals surface area contributed by atoms with Crippen molar-refractivity contribution in [3.05, 3.63) is 65.7 Å². The van der Waals surface area contributed by atoms with Crippen molar-refractivity contribution >= 4 is 17.6 Å². The van der Waals surface area contributed by atoms with Gasteiger partial charge in [-0.15, -0.1) is 0 Å². The standard InChI is InChI=1S/C20H23NO3/c1-3-4-10-15-24-20(23)18-14-9-8-13-17(18)19(22)21(2)16-11-6-5-7-12-16/h5-9,11-14H,3-4,10,15H2,1-2H3. The molecule has 0 unspecified atom stereocenters. The molecule has 24 heavy (non-hydrogen) atoms. The predicted molar refractivity (Wildman–Crippen MR) is 95.4 cm³/mol. The van der Waals surface area contributed by atoms with Crippen molar-refractivity contribution in [3.63, 3.8) is 0 Å². The third-order valence-electron chi connectivity index (χ3n) is 3.81. The summed E-state index contributed by atoms with van der Waals surface area (Å²) in [7, 11) is 1.70. The van der Waals surface area contributed by atoms with Crippen molar-refractivity contribution in [2.45, 2.75) is 26.2 Å². The van der Waals surface area contributed by atoms with Gasteiger partial charge in [0.15, 0.2) is 0 Å². The normalized spacial score (nSPS) is 10.2. The second kappa shape index (κ2) is 8.87. The second-order valence-electron chi connectivity index (χ2n) is 5.59. The van der Waals surface area contributed by atoms with Crippen LogP contribution in [0, 0.1) is 0 Å². The number of anilines is 1. The molecule has 0 bridgehead atoms. The van der Waals surface area contributed by atoms with Gasteiger partial charge in [0.2, 0.25) is 0 Å². The van der Waals surface area contributed by atoms with Crippen LogP contribution in [0.25, 0.3) is 0 Å². The van der Waals surface area contributed by atoms with Crippen LogP contribution in [0.15, 0.2) is 54.6 Å². The van der Waals surface area contributed by atoms with Crippen LogP contribution in [0.4, 0.5) is 5.69 Å². The van der Waals surface area contributed by atoms with Gasteiger partial charge in [-0.2, -0.15) is 0 Å². The average molecular weight is 325 g/mol. The van der Waals surface area contributed by atoms with Crippen molar-refractivity contribution in [1.29, 1.82) is 0 Å². The zero-order chi connectivity index (χ0) is 17.4. The molecule has 0 aliphatic heterocycles. The van der Waals surface area contributed by atoms with Gasteiger partial charge in [0.05, 0.1) is 17.7 Å². The van der Waals surface area contributed by atoms with Crippen LogP contribution in [0.1, 0.15) is 46.9 Å². The smallest absolute Gasteiger partial charge is 0.338 e. The number of benzene rings is 2. The fraction of sp³-hybridized carbons (Fsp3) is 0.300. The summed E-state index contributed by atoms with van der Waals surface area (Å²) >= 11 is 0. The molecule has 4 nitrogen and oxygen atoms in total. The second-order valence-corrected chi connectivity index (χ2v) is 5.59. The lowest BCUT2D eigenvalue weighted by Crippen LogP contribution is -2.28. The van der Waals surface area contributed by atoms with E-state index in [0.717, 1.165) is 24.9 Å². The van der Waals surface area contributed by atoms with E-state index in [4.69, 9.17) is 4.74 Å². The molecule has 2 rings (SSSR count). The number of ether oxygens (including phenoxy) is 1. The first-order chi connectivity index (χ1) is 11.6. The summed E-state index contributed by atoms with van der Waals surface area (Å²) in [6.07, 6.45) is 2.92. The van der Waals surface area contributed by atoms with Crippen molar-refractivity contribution in [2.24, 2.45) is 0 Å². The Morgan fingerprint density at radius 3 is 2.21 bits per heavy atom. The van der Waals surface area contributed by atoms with Crippen molar-refractivity contribution in [3.8, 4) is 0 Å². The molecule has 0 spiro atoms. The zero-order valence-electron chi connectivity index (χ0n) is 14.2. The molecular formula is C20H23NO3. The van der Waals surface area contributed by atoms with Gasteiger partial charge in [0, 0.05) is 12.7 Å². The maximum absolute atomic E-state index is 12.8. The van der Waals surface area contributed by atoms with E-state index in [2.05, 4.69) is 6.92 Å². The topological polar surface area (TPSA) is 46.6 Å². The fourth-order valence-corrected chi connectivity index (χ4v) is 2.39. The van der Waals surface area contributed by atoms with Crippen LogP contribution in [0.5, 0.6) is 0 Å². The number of hydrogen-bond acceptors (Lipinski definition) is 3. The summed E-state index contributed by atoms with van der Waals surface area (Å²) in [4.78, 5) is 26.6. The quantitative estimate of drug-likeness (QED) is 0.563. The van der Waals surface area contributed by atoms with E-state index < -0.39 is 5.97 Å². The molecule has 1 amide bonds. The summed E-state index contributed by atoms with van der Waals surface area (Å²) < 4.78 is 5.30. The number of para-hydroxylation sites is 1. The Balaban J connectivity index is 2.16. The summed E-state index contributed by atoms with van der Waals surface area (Å²) in [5.41, 5.74) is 1.43. The van der Waals surface area contributed by atoms with E-state index in [9.17, 15) is 9.59 Å². The fourth-order valence-electron chi connectivity index (χ4n) is 2.39. The minimum atomic E-state index is -0.448. The predicted octanol–water partition coefficient (Wildman–Crippen LogP) is 4.31. The van der Waals surface area contributed by atoms with Crippen molar-refractivity contribution in [2.75, 3.05) is 18.6 Å². The highest BCUT2D eigenvalue weighted by Crippen LogP contribution is 2.18. The molecule has 4 heteroatoms. The molecule has 0 aliphatic rings. The average Bonchev–Trinajstić information content (AvgIpc) is 2.64. The van der Waals surface area contributed by atoms with Gasteiger partial charge in [-0.05, 0) is 30.7 Å². The molecular weight excluding hydrogens is 302 g/mol. The van der Waals surface area contributed by atoms with Crippen LogP contribution in [0.2, 0.25) is 0 Å². The molecule has 126 valence electrons. The number of carbonyl (C=O) groups is 2. The van der Waals surface area contributed by atoms with Gasteiger partial charge < -0.3 is 9.64 Å². The minimum Gasteiger partial charge on any atom is -0.462 e. The lowest BCUT2D eigenvalue weighted by molar-refractivity contribution is 0.0495. The molecule has 0 N–H and O–H groups in total. The minimum absolute atomic E-state index is 0.234.